The molecule has 18 heavy (non-hydrogen) atoms. The van der Waals surface area contributed by atoms with Gasteiger partial charge in [-0.2, -0.15) is 0 Å². The summed E-state index contributed by atoms with van der Waals surface area (Å²) in [7, 11) is 0. The molecule has 0 aliphatic heterocycles. The van der Waals surface area contributed by atoms with Crippen molar-refractivity contribution in [2.75, 3.05) is 13.1 Å². The lowest BCUT2D eigenvalue weighted by Crippen LogP contribution is -2.37. The van der Waals surface area contributed by atoms with Gasteiger partial charge in [0.05, 0.1) is 13.1 Å². The molecule has 1 atom stereocenters. The van der Waals surface area contributed by atoms with Crippen LogP contribution in [0.15, 0.2) is 30.3 Å². The van der Waals surface area contributed by atoms with E-state index < -0.39 is 5.97 Å². The third-order valence-corrected chi connectivity index (χ3v) is 2.95. The van der Waals surface area contributed by atoms with Gasteiger partial charge >= 0.3 is 5.97 Å². The minimum absolute atomic E-state index is 0.000155. The van der Waals surface area contributed by atoms with E-state index in [2.05, 4.69) is 18.1 Å². The zero-order valence-corrected chi connectivity index (χ0v) is 10.7. The monoisotopic (exact) mass is 245 g/mol. The highest BCUT2D eigenvalue weighted by molar-refractivity contribution is 5.69. The van der Waals surface area contributed by atoms with Gasteiger partial charge in [-0.15, -0.1) is 6.42 Å². The van der Waals surface area contributed by atoms with Crippen LogP contribution in [-0.2, 0) is 11.2 Å². The predicted octanol–water partition coefficient (Wildman–Crippen LogP) is 2.03. The Balaban J connectivity index is 2.48. The third kappa shape index (κ3) is 5.03. The maximum atomic E-state index is 10.8. The highest BCUT2D eigenvalue weighted by Crippen LogP contribution is 2.09. The minimum atomic E-state index is -0.836. The number of benzene rings is 1. The summed E-state index contributed by atoms with van der Waals surface area (Å²) in [4.78, 5) is 12.6. The lowest BCUT2D eigenvalue weighted by atomic mass is 10.1. The van der Waals surface area contributed by atoms with E-state index in [9.17, 15) is 4.79 Å². The van der Waals surface area contributed by atoms with Crippen LogP contribution < -0.4 is 0 Å². The first-order valence-electron chi connectivity index (χ1n) is 6.06. The van der Waals surface area contributed by atoms with Crippen molar-refractivity contribution in [1.82, 2.24) is 4.90 Å². The molecule has 3 heteroatoms. The van der Waals surface area contributed by atoms with Gasteiger partial charge in [0.2, 0.25) is 0 Å². The smallest absolute Gasteiger partial charge is 0.317 e. The summed E-state index contributed by atoms with van der Waals surface area (Å²) < 4.78 is 0. The van der Waals surface area contributed by atoms with Crippen LogP contribution in [0.4, 0.5) is 0 Å². The number of hydrogen-bond acceptors (Lipinski definition) is 2. The molecule has 1 aromatic carbocycles. The molecule has 1 rings (SSSR count). The fourth-order valence-corrected chi connectivity index (χ4v) is 1.86. The fourth-order valence-electron chi connectivity index (χ4n) is 1.86. The summed E-state index contributed by atoms with van der Waals surface area (Å²) >= 11 is 0. The summed E-state index contributed by atoms with van der Waals surface area (Å²) in [6.45, 7) is 2.39. The first kappa shape index (κ1) is 14.3. The van der Waals surface area contributed by atoms with Gasteiger partial charge in [0.15, 0.2) is 0 Å². The molecule has 1 unspecified atom stereocenters. The number of carboxylic acids is 1. The second-order valence-electron chi connectivity index (χ2n) is 4.38. The van der Waals surface area contributed by atoms with Crippen molar-refractivity contribution in [3.8, 4) is 12.3 Å². The van der Waals surface area contributed by atoms with E-state index in [1.165, 1.54) is 5.56 Å². The van der Waals surface area contributed by atoms with Crippen molar-refractivity contribution in [1.29, 1.82) is 0 Å². The van der Waals surface area contributed by atoms with Crippen LogP contribution in [0.5, 0.6) is 0 Å². The average Bonchev–Trinajstić information content (AvgIpc) is 2.36. The van der Waals surface area contributed by atoms with Gasteiger partial charge < -0.3 is 5.11 Å². The standard InChI is InChI=1S/C15H19NO2/c1-3-11-16(12-15(17)18)13(2)9-10-14-7-5-4-6-8-14/h1,4-8,13H,9-12H2,2H3,(H,17,18). The highest BCUT2D eigenvalue weighted by atomic mass is 16.4. The first-order valence-corrected chi connectivity index (χ1v) is 6.06. The number of aliphatic carboxylic acids is 1. The molecule has 0 spiro atoms. The molecule has 0 saturated carbocycles. The maximum absolute atomic E-state index is 10.8. The van der Waals surface area contributed by atoms with Gasteiger partial charge in [-0.1, -0.05) is 36.3 Å². The van der Waals surface area contributed by atoms with E-state index in [1.54, 1.807) is 0 Å². The number of carboxylic acid groups (broad SMARTS) is 1. The predicted molar refractivity (Wildman–Crippen MR) is 72.3 cm³/mol. The Labute approximate surface area is 108 Å². The molecule has 0 aliphatic rings. The zero-order valence-electron chi connectivity index (χ0n) is 10.7. The van der Waals surface area contributed by atoms with Crippen LogP contribution in [0.2, 0.25) is 0 Å². The number of terminal acetylenes is 1. The SMILES string of the molecule is C#CCN(CC(=O)O)C(C)CCc1ccccc1. The van der Waals surface area contributed by atoms with Crippen molar-refractivity contribution in [2.24, 2.45) is 0 Å². The lowest BCUT2D eigenvalue weighted by molar-refractivity contribution is -0.138. The summed E-state index contributed by atoms with van der Waals surface area (Å²) in [5, 5.41) is 8.83. The molecule has 0 amide bonds. The number of hydrogen-bond donors (Lipinski definition) is 1. The summed E-state index contributed by atoms with van der Waals surface area (Å²) in [6, 6.07) is 10.3. The van der Waals surface area contributed by atoms with Gasteiger partial charge in [0, 0.05) is 6.04 Å². The van der Waals surface area contributed by atoms with Crippen molar-refractivity contribution in [2.45, 2.75) is 25.8 Å². The fraction of sp³-hybridized carbons (Fsp3) is 0.400. The Hall–Kier alpha value is -1.79. The molecule has 0 aromatic heterocycles. The molecule has 0 saturated heterocycles. The molecule has 3 nitrogen and oxygen atoms in total. The molecular weight excluding hydrogens is 226 g/mol. The number of carbonyl (C=O) groups is 1. The van der Waals surface area contributed by atoms with Crippen molar-refractivity contribution < 1.29 is 9.90 Å². The third-order valence-electron chi connectivity index (χ3n) is 2.95. The molecular formula is C15H19NO2. The molecule has 0 radical (unpaired) electrons. The topological polar surface area (TPSA) is 40.5 Å². The number of nitrogens with zero attached hydrogens (tertiary/aromatic N) is 1. The summed E-state index contributed by atoms with van der Waals surface area (Å²) in [5.41, 5.74) is 1.26. The van der Waals surface area contributed by atoms with E-state index in [0.717, 1.165) is 12.8 Å². The van der Waals surface area contributed by atoms with Crippen LogP contribution in [0.25, 0.3) is 0 Å². The van der Waals surface area contributed by atoms with E-state index in [4.69, 9.17) is 11.5 Å². The molecule has 1 aromatic rings. The van der Waals surface area contributed by atoms with Gasteiger partial charge in [-0.05, 0) is 25.3 Å². The van der Waals surface area contributed by atoms with Crippen LogP contribution in [0.1, 0.15) is 18.9 Å². The quantitative estimate of drug-likeness (QED) is 0.747. The second kappa shape index (κ2) is 7.52. The normalized spacial score (nSPS) is 12.1. The van der Waals surface area contributed by atoms with Crippen LogP contribution in [-0.4, -0.2) is 35.1 Å². The average molecular weight is 245 g/mol. The van der Waals surface area contributed by atoms with E-state index in [-0.39, 0.29) is 12.6 Å². The molecule has 0 fully saturated rings. The zero-order chi connectivity index (χ0) is 13.4. The highest BCUT2D eigenvalue weighted by Gasteiger charge is 2.15. The Bertz CT molecular complexity index is 408. The van der Waals surface area contributed by atoms with Crippen molar-refractivity contribution in [3.63, 3.8) is 0 Å². The number of aryl methyl sites for hydroxylation is 1. The van der Waals surface area contributed by atoms with E-state index in [1.807, 2.05) is 30.0 Å². The molecule has 96 valence electrons. The van der Waals surface area contributed by atoms with E-state index in [0.29, 0.717) is 6.54 Å². The minimum Gasteiger partial charge on any atom is -0.480 e. The Morgan fingerprint density at radius 2 is 2.11 bits per heavy atom. The van der Waals surface area contributed by atoms with Crippen molar-refractivity contribution >= 4 is 5.97 Å². The molecule has 0 heterocycles. The molecule has 0 aliphatic carbocycles. The summed E-state index contributed by atoms with van der Waals surface area (Å²) in [6.07, 6.45) is 7.10. The van der Waals surface area contributed by atoms with Crippen LogP contribution in [0, 0.1) is 12.3 Å². The Morgan fingerprint density at radius 1 is 1.44 bits per heavy atom. The lowest BCUT2D eigenvalue weighted by Gasteiger charge is -2.25. The van der Waals surface area contributed by atoms with Crippen LogP contribution in [0.3, 0.4) is 0 Å². The van der Waals surface area contributed by atoms with Gasteiger partial charge in [-0.3, -0.25) is 9.69 Å². The Kier molecular flexibility index (Phi) is 5.96. The van der Waals surface area contributed by atoms with Crippen molar-refractivity contribution in [3.05, 3.63) is 35.9 Å². The van der Waals surface area contributed by atoms with Crippen LogP contribution >= 0.6 is 0 Å². The van der Waals surface area contributed by atoms with Gasteiger partial charge in [0.1, 0.15) is 0 Å². The summed E-state index contributed by atoms with van der Waals surface area (Å²) in [5.74, 6) is 1.68. The molecule has 1 N–H and O–H groups in total. The Morgan fingerprint density at radius 3 is 2.67 bits per heavy atom. The van der Waals surface area contributed by atoms with Gasteiger partial charge in [-0.25, -0.2) is 0 Å². The first-order chi connectivity index (χ1) is 8.63. The second-order valence-corrected chi connectivity index (χ2v) is 4.38. The number of rotatable bonds is 7. The largest absolute Gasteiger partial charge is 0.480 e. The van der Waals surface area contributed by atoms with Gasteiger partial charge in [0.25, 0.3) is 0 Å². The van der Waals surface area contributed by atoms with E-state index >= 15 is 0 Å². The maximum Gasteiger partial charge on any atom is 0.317 e. The molecule has 0 bridgehead atoms.